The van der Waals surface area contributed by atoms with Gasteiger partial charge in [0.1, 0.15) is 0 Å². The van der Waals surface area contributed by atoms with Gasteiger partial charge in [-0.3, -0.25) is 9.20 Å². The summed E-state index contributed by atoms with van der Waals surface area (Å²) in [6.45, 7) is 5.16. The normalized spacial score (nSPS) is 16.0. The largest absolute Gasteiger partial charge is 0.340 e. The average Bonchev–Trinajstić information content (AvgIpc) is 3.23. The van der Waals surface area contributed by atoms with Gasteiger partial charge in [-0.2, -0.15) is 4.31 Å². The molecule has 3 aromatic rings. The fourth-order valence-corrected chi connectivity index (χ4v) is 5.88. The van der Waals surface area contributed by atoms with E-state index in [1.165, 1.54) is 15.6 Å². The van der Waals surface area contributed by atoms with Crippen molar-refractivity contribution in [2.24, 2.45) is 0 Å². The van der Waals surface area contributed by atoms with Crippen molar-refractivity contribution in [2.75, 3.05) is 26.2 Å². The van der Waals surface area contributed by atoms with E-state index >= 15 is 0 Å². The molecule has 1 fully saturated rings. The number of hydrogen-bond acceptors (Lipinski definition) is 5. The van der Waals surface area contributed by atoms with Crippen molar-refractivity contribution in [3.8, 4) is 0 Å². The minimum absolute atomic E-state index is 0.0192. The van der Waals surface area contributed by atoms with Crippen LogP contribution in [0.2, 0.25) is 0 Å². The number of benzene rings is 1. The second kappa shape index (κ2) is 7.31. The van der Waals surface area contributed by atoms with E-state index in [1.807, 2.05) is 48.2 Å². The number of fused-ring (bicyclic) bond motifs is 1. The molecular formula is C19H22N4O3S2. The number of rotatable bonds is 4. The number of amides is 1. The summed E-state index contributed by atoms with van der Waals surface area (Å²) in [6.07, 6.45) is 4.01. The standard InChI is InChI=1S/C19H22N4O3S2/c1-14-3-4-17(15(2)11-14)28(25,26)23-7-5-21(6-8-23)18(24)12-16-13-22-9-10-27-19(22)20-16/h3-4,9-11,13H,5-8,12H2,1-2H3. The fraction of sp³-hybridized carbons (Fsp3) is 0.368. The van der Waals surface area contributed by atoms with Crippen molar-refractivity contribution in [2.45, 2.75) is 25.2 Å². The molecule has 3 heterocycles. The van der Waals surface area contributed by atoms with E-state index in [4.69, 9.17) is 0 Å². The molecule has 4 rings (SSSR count). The van der Waals surface area contributed by atoms with Gasteiger partial charge >= 0.3 is 0 Å². The lowest BCUT2D eigenvalue weighted by molar-refractivity contribution is -0.131. The van der Waals surface area contributed by atoms with Gasteiger partial charge in [0.2, 0.25) is 15.9 Å². The Kier molecular flexibility index (Phi) is 4.98. The second-order valence-electron chi connectivity index (χ2n) is 7.06. The highest BCUT2D eigenvalue weighted by Crippen LogP contribution is 2.22. The van der Waals surface area contributed by atoms with Crippen LogP contribution in [0.25, 0.3) is 4.96 Å². The zero-order valence-electron chi connectivity index (χ0n) is 15.8. The van der Waals surface area contributed by atoms with Gasteiger partial charge in [-0.15, -0.1) is 11.3 Å². The van der Waals surface area contributed by atoms with Crippen LogP contribution in [0, 0.1) is 13.8 Å². The van der Waals surface area contributed by atoms with Crippen LogP contribution in [0.15, 0.2) is 40.9 Å². The van der Waals surface area contributed by atoms with E-state index in [-0.39, 0.29) is 12.3 Å². The summed E-state index contributed by atoms with van der Waals surface area (Å²) in [5, 5.41) is 1.95. The molecule has 0 radical (unpaired) electrons. The second-order valence-corrected chi connectivity index (χ2v) is 9.84. The smallest absolute Gasteiger partial charge is 0.243 e. The Labute approximate surface area is 168 Å². The van der Waals surface area contributed by atoms with Crippen molar-refractivity contribution in [1.82, 2.24) is 18.6 Å². The van der Waals surface area contributed by atoms with Crippen LogP contribution in [-0.4, -0.2) is 59.1 Å². The van der Waals surface area contributed by atoms with Crippen LogP contribution in [0.3, 0.4) is 0 Å². The molecule has 0 unspecified atom stereocenters. The molecule has 0 bridgehead atoms. The zero-order chi connectivity index (χ0) is 19.9. The summed E-state index contributed by atoms with van der Waals surface area (Å²) in [7, 11) is -3.55. The number of sulfonamides is 1. The minimum Gasteiger partial charge on any atom is -0.340 e. The predicted octanol–water partition coefficient (Wildman–Crippen LogP) is 2.09. The van der Waals surface area contributed by atoms with Crippen molar-refractivity contribution in [3.63, 3.8) is 0 Å². The molecule has 0 atom stereocenters. The lowest BCUT2D eigenvalue weighted by Crippen LogP contribution is -2.51. The number of aromatic nitrogens is 2. The third kappa shape index (κ3) is 3.57. The molecule has 1 saturated heterocycles. The first-order valence-electron chi connectivity index (χ1n) is 9.11. The molecule has 1 aliphatic rings. The van der Waals surface area contributed by atoms with Crippen LogP contribution in [0.4, 0.5) is 0 Å². The van der Waals surface area contributed by atoms with E-state index in [9.17, 15) is 13.2 Å². The van der Waals surface area contributed by atoms with Crippen LogP contribution < -0.4 is 0 Å². The lowest BCUT2D eigenvalue weighted by atomic mass is 10.2. The Balaban J connectivity index is 1.40. The van der Waals surface area contributed by atoms with E-state index in [1.54, 1.807) is 11.0 Å². The lowest BCUT2D eigenvalue weighted by Gasteiger charge is -2.34. The van der Waals surface area contributed by atoms with E-state index in [0.29, 0.717) is 31.1 Å². The number of nitrogens with zero attached hydrogens (tertiary/aromatic N) is 4. The van der Waals surface area contributed by atoms with Crippen molar-refractivity contribution in [3.05, 3.63) is 52.8 Å². The monoisotopic (exact) mass is 418 g/mol. The molecule has 0 spiro atoms. The summed E-state index contributed by atoms with van der Waals surface area (Å²) in [5.74, 6) is -0.0192. The maximum absolute atomic E-state index is 13.0. The Morgan fingerprint density at radius 3 is 2.61 bits per heavy atom. The van der Waals surface area contributed by atoms with E-state index < -0.39 is 10.0 Å². The summed E-state index contributed by atoms with van der Waals surface area (Å²) in [6, 6.07) is 5.36. The van der Waals surface area contributed by atoms with Crippen molar-refractivity contribution in [1.29, 1.82) is 0 Å². The summed E-state index contributed by atoms with van der Waals surface area (Å²) in [4.78, 5) is 20.0. The fourth-order valence-electron chi connectivity index (χ4n) is 3.53. The van der Waals surface area contributed by atoms with Crippen LogP contribution in [0.1, 0.15) is 16.8 Å². The number of hydrogen-bond donors (Lipinski definition) is 0. The van der Waals surface area contributed by atoms with Crippen LogP contribution in [0.5, 0.6) is 0 Å². The maximum Gasteiger partial charge on any atom is 0.243 e. The number of piperazine rings is 1. The SMILES string of the molecule is Cc1ccc(S(=O)(=O)N2CCN(C(=O)Cc3cn4ccsc4n3)CC2)c(C)c1. The van der Waals surface area contributed by atoms with Crippen molar-refractivity contribution >= 4 is 32.2 Å². The number of carbonyl (C=O) groups excluding carboxylic acids is 1. The topological polar surface area (TPSA) is 75.0 Å². The van der Waals surface area contributed by atoms with Crippen molar-refractivity contribution < 1.29 is 13.2 Å². The Bertz CT molecular complexity index is 1100. The molecule has 2 aromatic heterocycles. The van der Waals surface area contributed by atoms with Gasteiger partial charge in [0.15, 0.2) is 4.96 Å². The predicted molar refractivity (Wildman–Crippen MR) is 108 cm³/mol. The average molecular weight is 419 g/mol. The first-order valence-corrected chi connectivity index (χ1v) is 11.4. The molecule has 9 heteroatoms. The number of imidazole rings is 1. The Morgan fingerprint density at radius 1 is 1.18 bits per heavy atom. The molecule has 28 heavy (non-hydrogen) atoms. The molecule has 0 N–H and O–H groups in total. The van der Waals surface area contributed by atoms with Crippen LogP contribution in [-0.2, 0) is 21.2 Å². The molecule has 148 valence electrons. The van der Waals surface area contributed by atoms with Gasteiger partial charge in [0.25, 0.3) is 0 Å². The molecule has 1 amide bonds. The number of aryl methyl sites for hydroxylation is 2. The quantitative estimate of drug-likeness (QED) is 0.650. The van der Waals surface area contributed by atoms with E-state index in [0.717, 1.165) is 21.8 Å². The first-order chi connectivity index (χ1) is 13.3. The molecule has 0 saturated carbocycles. The summed E-state index contributed by atoms with van der Waals surface area (Å²) < 4.78 is 29.3. The highest BCUT2D eigenvalue weighted by atomic mass is 32.2. The first kappa shape index (κ1) is 19.1. The highest BCUT2D eigenvalue weighted by molar-refractivity contribution is 7.89. The minimum atomic E-state index is -3.55. The third-order valence-electron chi connectivity index (χ3n) is 5.02. The van der Waals surface area contributed by atoms with Crippen LogP contribution >= 0.6 is 11.3 Å². The van der Waals surface area contributed by atoms with Gasteiger partial charge in [-0.05, 0) is 25.5 Å². The highest BCUT2D eigenvalue weighted by Gasteiger charge is 2.31. The molecular weight excluding hydrogens is 396 g/mol. The van der Waals surface area contributed by atoms with Gasteiger partial charge in [-0.25, -0.2) is 13.4 Å². The van der Waals surface area contributed by atoms with Gasteiger partial charge in [0, 0.05) is 44.0 Å². The molecule has 0 aliphatic carbocycles. The summed E-state index contributed by atoms with van der Waals surface area (Å²) >= 11 is 1.53. The van der Waals surface area contributed by atoms with Gasteiger partial charge in [-0.1, -0.05) is 17.7 Å². The Morgan fingerprint density at radius 2 is 1.93 bits per heavy atom. The Hall–Kier alpha value is -2.23. The number of thiazole rings is 1. The third-order valence-corrected chi connectivity index (χ3v) is 7.84. The zero-order valence-corrected chi connectivity index (χ0v) is 17.5. The molecule has 1 aliphatic heterocycles. The summed E-state index contributed by atoms with van der Waals surface area (Å²) in [5.41, 5.74) is 2.52. The van der Waals surface area contributed by atoms with Gasteiger partial charge in [0.05, 0.1) is 17.0 Å². The maximum atomic E-state index is 13.0. The van der Waals surface area contributed by atoms with E-state index in [2.05, 4.69) is 4.98 Å². The molecule has 1 aromatic carbocycles. The number of carbonyl (C=O) groups is 1. The molecule has 7 nitrogen and oxygen atoms in total. The van der Waals surface area contributed by atoms with Gasteiger partial charge < -0.3 is 4.90 Å².